The second kappa shape index (κ2) is 6.82. The minimum absolute atomic E-state index is 0.531. The molecule has 1 aliphatic carbocycles. The van der Waals surface area contributed by atoms with Crippen LogP contribution in [-0.2, 0) is 6.42 Å². The van der Waals surface area contributed by atoms with Crippen LogP contribution in [-0.4, -0.2) is 14.9 Å². The zero-order valence-corrected chi connectivity index (χ0v) is 14.8. The fourth-order valence-corrected chi connectivity index (χ4v) is 4.58. The van der Waals surface area contributed by atoms with Crippen molar-refractivity contribution in [3.8, 4) is 0 Å². The number of rotatable bonds is 4. The predicted molar refractivity (Wildman–Crippen MR) is 90.0 cm³/mol. The quantitative estimate of drug-likeness (QED) is 0.786. The van der Waals surface area contributed by atoms with Crippen LogP contribution in [0.4, 0.5) is 0 Å². The Kier molecular flexibility index (Phi) is 5.04. The average Bonchev–Trinajstić information content (AvgIpc) is 3.08. The first-order valence-corrected chi connectivity index (χ1v) is 9.29. The topological polar surface area (TPSA) is 38.0 Å². The standard InChI is InChI=1S/C15H18BrClN2OS/c16-12-9-14(21-15(12)17)13(20)8-10-6-7-19(18-10)11-4-2-1-3-5-11/h6-7,9,11,13,20H,1-5,8H2. The highest BCUT2D eigenvalue weighted by molar-refractivity contribution is 9.10. The maximum Gasteiger partial charge on any atom is 0.107 e. The SMILES string of the molecule is OC(Cc1ccn(C2CCCCC2)n1)c1cc(Br)c(Cl)s1. The third-order valence-corrected chi connectivity index (χ3v) is 6.58. The van der Waals surface area contributed by atoms with Crippen LogP contribution >= 0.6 is 38.9 Å². The van der Waals surface area contributed by atoms with Gasteiger partial charge in [-0.1, -0.05) is 30.9 Å². The van der Waals surface area contributed by atoms with E-state index in [0.29, 0.717) is 16.8 Å². The number of aliphatic hydroxyl groups is 1. The van der Waals surface area contributed by atoms with Gasteiger partial charge in [0.1, 0.15) is 4.34 Å². The van der Waals surface area contributed by atoms with Crippen molar-refractivity contribution < 1.29 is 5.11 Å². The first-order valence-electron chi connectivity index (χ1n) is 7.30. The minimum Gasteiger partial charge on any atom is -0.387 e. The molecule has 1 saturated carbocycles. The van der Waals surface area contributed by atoms with Crippen LogP contribution in [0.2, 0.25) is 4.34 Å². The summed E-state index contributed by atoms with van der Waals surface area (Å²) >= 11 is 10.8. The molecule has 0 radical (unpaired) electrons. The second-order valence-corrected chi connectivity index (χ2v) is 8.11. The first kappa shape index (κ1) is 15.5. The summed E-state index contributed by atoms with van der Waals surface area (Å²) in [6, 6.07) is 4.44. The lowest BCUT2D eigenvalue weighted by Crippen LogP contribution is -2.13. The van der Waals surface area contributed by atoms with Crippen LogP contribution in [0.15, 0.2) is 22.8 Å². The smallest absolute Gasteiger partial charge is 0.107 e. The Morgan fingerprint density at radius 1 is 1.43 bits per heavy atom. The lowest BCUT2D eigenvalue weighted by molar-refractivity contribution is 0.180. The van der Waals surface area contributed by atoms with Crippen LogP contribution in [0.1, 0.15) is 54.8 Å². The van der Waals surface area contributed by atoms with E-state index < -0.39 is 6.10 Å². The highest BCUT2D eigenvalue weighted by Crippen LogP contribution is 2.36. The molecule has 3 nitrogen and oxygen atoms in total. The van der Waals surface area contributed by atoms with Gasteiger partial charge in [-0.15, -0.1) is 11.3 Å². The van der Waals surface area contributed by atoms with Crippen molar-refractivity contribution in [3.05, 3.63) is 37.7 Å². The molecule has 0 bridgehead atoms. The van der Waals surface area contributed by atoms with E-state index in [1.54, 1.807) is 0 Å². The number of hydrogen-bond donors (Lipinski definition) is 1. The van der Waals surface area contributed by atoms with E-state index in [2.05, 4.69) is 31.9 Å². The monoisotopic (exact) mass is 388 g/mol. The maximum absolute atomic E-state index is 10.3. The van der Waals surface area contributed by atoms with Crippen molar-refractivity contribution in [3.63, 3.8) is 0 Å². The third kappa shape index (κ3) is 3.70. The highest BCUT2D eigenvalue weighted by Gasteiger charge is 2.18. The Labute approximate surface area is 142 Å². The van der Waals surface area contributed by atoms with Crippen molar-refractivity contribution in [2.24, 2.45) is 0 Å². The summed E-state index contributed by atoms with van der Waals surface area (Å²) in [6.07, 6.45) is 8.41. The Morgan fingerprint density at radius 3 is 2.86 bits per heavy atom. The molecule has 114 valence electrons. The summed E-state index contributed by atoms with van der Waals surface area (Å²) in [5, 5.41) is 15.0. The zero-order valence-electron chi connectivity index (χ0n) is 11.6. The van der Waals surface area contributed by atoms with Gasteiger partial charge in [0.25, 0.3) is 0 Å². The van der Waals surface area contributed by atoms with Gasteiger partial charge >= 0.3 is 0 Å². The molecule has 2 heterocycles. The van der Waals surface area contributed by atoms with Gasteiger partial charge in [-0.25, -0.2) is 0 Å². The van der Waals surface area contributed by atoms with Crippen LogP contribution in [0.5, 0.6) is 0 Å². The summed E-state index contributed by atoms with van der Waals surface area (Å²) in [4.78, 5) is 0.874. The lowest BCUT2D eigenvalue weighted by Gasteiger charge is -2.21. The van der Waals surface area contributed by atoms with Crippen molar-refractivity contribution in [2.45, 2.75) is 50.7 Å². The van der Waals surface area contributed by atoms with Crippen molar-refractivity contribution in [1.29, 1.82) is 0 Å². The number of aliphatic hydroxyl groups excluding tert-OH is 1. The van der Waals surface area contributed by atoms with Crippen molar-refractivity contribution in [1.82, 2.24) is 9.78 Å². The van der Waals surface area contributed by atoms with Crippen LogP contribution in [0, 0.1) is 0 Å². The molecule has 0 spiro atoms. The summed E-state index contributed by atoms with van der Waals surface area (Å²) in [5.74, 6) is 0. The molecule has 6 heteroatoms. The van der Waals surface area contributed by atoms with Gasteiger partial charge in [-0.3, -0.25) is 4.68 Å². The number of thiophene rings is 1. The molecule has 0 saturated heterocycles. The van der Waals surface area contributed by atoms with Crippen molar-refractivity contribution in [2.75, 3.05) is 0 Å². The number of halogens is 2. The summed E-state index contributed by atoms with van der Waals surface area (Å²) in [5.41, 5.74) is 0.939. The molecular formula is C15H18BrClN2OS. The number of aromatic nitrogens is 2. The third-order valence-electron chi connectivity index (χ3n) is 4.01. The predicted octanol–water partition coefficient (Wildman–Crippen LogP) is 5.14. The fraction of sp³-hybridized carbons (Fsp3) is 0.533. The molecule has 2 aromatic heterocycles. The Hall–Kier alpha value is -0.360. The van der Waals surface area contributed by atoms with E-state index in [9.17, 15) is 5.11 Å². The molecule has 3 rings (SSSR count). The largest absolute Gasteiger partial charge is 0.387 e. The summed E-state index contributed by atoms with van der Waals surface area (Å²) < 4.78 is 3.60. The summed E-state index contributed by atoms with van der Waals surface area (Å²) in [6.45, 7) is 0. The van der Waals surface area contributed by atoms with Gasteiger partial charge in [0.2, 0.25) is 0 Å². The van der Waals surface area contributed by atoms with Gasteiger partial charge in [0, 0.05) is 22.0 Å². The number of nitrogens with zero attached hydrogens (tertiary/aromatic N) is 2. The van der Waals surface area contributed by atoms with E-state index >= 15 is 0 Å². The second-order valence-electron chi connectivity index (χ2n) is 5.57. The molecular weight excluding hydrogens is 372 g/mol. The van der Waals surface area contributed by atoms with Crippen molar-refractivity contribution >= 4 is 38.9 Å². The first-order chi connectivity index (χ1) is 10.1. The van der Waals surface area contributed by atoms with Crippen LogP contribution in [0.25, 0.3) is 0 Å². The zero-order chi connectivity index (χ0) is 14.8. The molecule has 0 amide bonds. The molecule has 21 heavy (non-hydrogen) atoms. The van der Waals surface area contributed by atoms with E-state index in [1.807, 2.05) is 12.1 Å². The maximum atomic E-state index is 10.3. The average molecular weight is 390 g/mol. The van der Waals surface area contributed by atoms with E-state index in [0.717, 1.165) is 15.0 Å². The molecule has 1 fully saturated rings. The normalized spacial score (nSPS) is 18.0. The Bertz CT molecular complexity index is 587. The van der Waals surface area contributed by atoms with Crippen LogP contribution < -0.4 is 0 Å². The van der Waals surface area contributed by atoms with Gasteiger partial charge in [0.15, 0.2) is 0 Å². The fourth-order valence-electron chi connectivity index (χ4n) is 2.86. The molecule has 0 aliphatic heterocycles. The minimum atomic E-state index is -0.548. The van der Waals surface area contributed by atoms with E-state index in [4.69, 9.17) is 11.6 Å². The molecule has 0 aromatic carbocycles. The Balaban J connectivity index is 1.66. The molecule has 1 aliphatic rings. The molecule has 1 N–H and O–H groups in total. The molecule has 1 atom stereocenters. The Morgan fingerprint density at radius 2 is 2.19 bits per heavy atom. The van der Waals surface area contributed by atoms with E-state index in [-0.39, 0.29) is 0 Å². The lowest BCUT2D eigenvalue weighted by atomic mass is 9.96. The van der Waals surface area contributed by atoms with Gasteiger partial charge in [-0.05, 0) is 40.9 Å². The highest BCUT2D eigenvalue weighted by atomic mass is 79.9. The number of hydrogen-bond acceptors (Lipinski definition) is 3. The summed E-state index contributed by atoms with van der Waals surface area (Å²) in [7, 11) is 0. The van der Waals surface area contributed by atoms with E-state index in [1.165, 1.54) is 43.4 Å². The van der Waals surface area contributed by atoms with Gasteiger partial charge < -0.3 is 5.11 Å². The van der Waals surface area contributed by atoms with Gasteiger partial charge in [0.05, 0.1) is 17.8 Å². The molecule has 1 unspecified atom stereocenters. The molecule has 2 aromatic rings. The van der Waals surface area contributed by atoms with Crippen LogP contribution in [0.3, 0.4) is 0 Å². The van der Waals surface area contributed by atoms with Gasteiger partial charge in [-0.2, -0.15) is 5.10 Å².